The first-order chi connectivity index (χ1) is 9.86. The first-order valence-corrected chi connectivity index (χ1v) is 8.04. The number of nitrogens with zero attached hydrogens (tertiary/aromatic N) is 2. The predicted octanol–water partition coefficient (Wildman–Crippen LogP) is 2.98. The normalized spacial score (nSPS) is 15.3. The van der Waals surface area contributed by atoms with E-state index in [1.54, 1.807) is 23.2 Å². The lowest BCUT2D eigenvalue weighted by molar-refractivity contribution is 0.683. The fourth-order valence-electron chi connectivity index (χ4n) is 2.46. The molecular formula is C15H20N4S. The monoisotopic (exact) mass is 288 g/mol. The van der Waals surface area contributed by atoms with Gasteiger partial charge < -0.3 is 10.6 Å². The lowest BCUT2D eigenvalue weighted by Crippen LogP contribution is -2.21. The second-order valence-electron chi connectivity index (χ2n) is 5.00. The van der Waals surface area contributed by atoms with Crippen LogP contribution in [0.1, 0.15) is 24.6 Å². The highest BCUT2D eigenvalue weighted by atomic mass is 32.1. The average molecular weight is 288 g/mol. The van der Waals surface area contributed by atoms with Gasteiger partial charge in [-0.05, 0) is 31.9 Å². The van der Waals surface area contributed by atoms with Gasteiger partial charge in [-0.3, -0.25) is 0 Å². The molecule has 5 heteroatoms. The van der Waals surface area contributed by atoms with Crippen molar-refractivity contribution in [2.24, 2.45) is 0 Å². The van der Waals surface area contributed by atoms with Crippen molar-refractivity contribution in [3.63, 3.8) is 0 Å². The van der Waals surface area contributed by atoms with Gasteiger partial charge in [-0.15, -0.1) is 11.3 Å². The van der Waals surface area contributed by atoms with Gasteiger partial charge in [0.2, 0.25) is 0 Å². The molecule has 2 aromatic heterocycles. The van der Waals surface area contributed by atoms with Crippen LogP contribution in [0, 0.1) is 0 Å². The van der Waals surface area contributed by atoms with Gasteiger partial charge in [-0.2, -0.15) is 0 Å². The number of aromatic nitrogens is 2. The van der Waals surface area contributed by atoms with Crippen LogP contribution in [0.25, 0.3) is 10.2 Å². The molecule has 3 rings (SSSR count). The molecule has 0 atom stereocenters. The molecule has 0 radical (unpaired) electrons. The van der Waals surface area contributed by atoms with Crippen molar-refractivity contribution in [3.05, 3.63) is 28.9 Å². The Morgan fingerprint density at radius 2 is 2.35 bits per heavy atom. The van der Waals surface area contributed by atoms with Gasteiger partial charge >= 0.3 is 0 Å². The third-order valence-corrected chi connectivity index (χ3v) is 4.81. The van der Waals surface area contributed by atoms with Gasteiger partial charge in [-0.25, -0.2) is 9.97 Å². The molecule has 0 bridgehead atoms. The highest BCUT2D eigenvalue weighted by Crippen LogP contribution is 2.28. The number of hydrogen-bond donors (Lipinski definition) is 2. The van der Waals surface area contributed by atoms with Crippen LogP contribution in [0.15, 0.2) is 24.0 Å². The first kappa shape index (κ1) is 13.5. The van der Waals surface area contributed by atoms with E-state index in [1.165, 1.54) is 11.3 Å². The zero-order valence-electron chi connectivity index (χ0n) is 11.8. The van der Waals surface area contributed by atoms with E-state index in [2.05, 4.69) is 39.7 Å². The van der Waals surface area contributed by atoms with Gasteiger partial charge in [0.05, 0.1) is 5.39 Å². The number of rotatable bonds is 5. The van der Waals surface area contributed by atoms with Crippen molar-refractivity contribution in [2.75, 3.05) is 25.0 Å². The van der Waals surface area contributed by atoms with Crippen molar-refractivity contribution >= 4 is 27.4 Å². The molecule has 0 aromatic carbocycles. The molecule has 0 saturated carbocycles. The highest BCUT2D eigenvalue weighted by Gasteiger charge is 2.08. The summed E-state index contributed by atoms with van der Waals surface area (Å²) in [6.45, 7) is 5.23. The molecule has 0 fully saturated rings. The summed E-state index contributed by atoms with van der Waals surface area (Å²) >= 11 is 1.76. The maximum Gasteiger partial charge on any atom is 0.138 e. The molecule has 0 saturated heterocycles. The molecule has 0 aliphatic carbocycles. The topological polar surface area (TPSA) is 49.8 Å². The summed E-state index contributed by atoms with van der Waals surface area (Å²) in [5.74, 6) is 0.973. The minimum absolute atomic E-state index is 0.940. The summed E-state index contributed by atoms with van der Waals surface area (Å²) in [5.41, 5.74) is 1.54. The molecule has 20 heavy (non-hydrogen) atoms. The molecule has 1 aliphatic rings. The van der Waals surface area contributed by atoms with Crippen LogP contribution >= 0.6 is 11.3 Å². The summed E-state index contributed by atoms with van der Waals surface area (Å²) in [6, 6.07) is 2.21. The maximum atomic E-state index is 4.39. The Morgan fingerprint density at radius 3 is 3.15 bits per heavy atom. The second-order valence-corrected chi connectivity index (χ2v) is 6.12. The van der Waals surface area contributed by atoms with Crippen molar-refractivity contribution in [1.29, 1.82) is 0 Å². The molecule has 106 valence electrons. The van der Waals surface area contributed by atoms with Gasteiger partial charge in [0.25, 0.3) is 0 Å². The van der Waals surface area contributed by atoms with Gasteiger partial charge in [0.15, 0.2) is 0 Å². The third-order valence-electron chi connectivity index (χ3n) is 3.63. The van der Waals surface area contributed by atoms with E-state index >= 15 is 0 Å². The molecule has 2 aromatic rings. The van der Waals surface area contributed by atoms with Crippen LogP contribution in [-0.2, 0) is 6.42 Å². The molecule has 4 nitrogen and oxygen atoms in total. The lowest BCUT2D eigenvalue weighted by atomic mass is 10.1. The molecule has 2 N–H and O–H groups in total. The number of fused-ring (bicyclic) bond motifs is 1. The van der Waals surface area contributed by atoms with Crippen LogP contribution in [0.3, 0.4) is 0 Å². The molecular weight excluding hydrogens is 268 g/mol. The van der Waals surface area contributed by atoms with Crippen LogP contribution in [-0.4, -0.2) is 29.6 Å². The van der Waals surface area contributed by atoms with Crippen LogP contribution in [0.4, 0.5) is 5.82 Å². The summed E-state index contributed by atoms with van der Waals surface area (Å²) in [6.07, 6.45) is 7.28. The van der Waals surface area contributed by atoms with E-state index in [9.17, 15) is 0 Å². The van der Waals surface area contributed by atoms with E-state index in [4.69, 9.17) is 0 Å². The van der Waals surface area contributed by atoms with Crippen molar-refractivity contribution < 1.29 is 0 Å². The Labute approximate surface area is 123 Å². The van der Waals surface area contributed by atoms with E-state index in [0.29, 0.717) is 0 Å². The molecule has 0 spiro atoms. The summed E-state index contributed by atoms with van der Waals surface area (Å²) in [4.78, 5) is 11.2. The quantitative estimate of drug-likeness (QED) is 0.831. The summed E-state index contributed by atoms with van der Waals surface area (Å²) in [5, 5.41) is 7.97. The van der Waals surface area contributed by atoms with Crippen LogP contribution < -0.4 is 10.6 Å². The van der Waals surface area contributed by atoms with Crippen molar-refractivity contribution in [2.45, 2.75) is 26.2 Å². The Bertz CT molecular complexity index is 617. The van der Waals surface area contributed by atoms with E-state index in [1.807, 2.05) is 0 Å². The SMILES string of the molecule is CCc1cc2c(NCCC3=CCNCC3)ncnc2s1. The van der Waals surface area contributed by atoms with Gasteiger partial charge in [0, 0.05) is 18.0 Å². The fraction of sp³-hybridized carbons (Fsp3) is 0.467. The minimum Gasteiger partial charge on any atom is -0.369 e. The Kier molecular flexibility index (Phi) is 4.28. The van der Waals surface area contributed by atoms with Crippen LogP contribution in [0.5, 0.6) is 0 Å². The molecule has 0 unspecified atom stereocenters. The second kappa shape index (κ2) is 6.33. The average Bonchev–Trinajstić information content (AvgIpc) is 2.92. The maximum absolute atomic E-state index is 4.39. The number of hydrogen-bond acceptors (Lipinski definition) is 5. The number of nitrogens with one attached hydrogen (secondary N) is 2. The third kappa shape index (κ3) is 2.99. The lowest BCUT2D eigenvalue weighted by Gasteiger charge is -2.14. The Balaban J connectivity index is 1.67. The van der Waals surface area contributed by atoms with Crippen molar-refractivity contribution in [1.82, 2.24) is 15.3 Å². The highest BCUT2D eigenvalue weighted by molar-refractivity contribution is 7.18. The Morgan fingerprint density at radius 1 is 1.40 bits per heavy atom. The number of thiophene rings is 1. The standard InChI is InChI=1S/C15H20N4S/c1-2-12-9-13-14(18-10-19-15(13)20-12)17-8-5-11-3-6-16-7-4-11/h3,9-10,16H,2,4-8H2,1H3,(H,17,18,19). The predicted molar refractivity (Wildman–Crippen MR) is 85.5 cm³/mol. The summed E-state index contributed by atoms with van der Waals surface area (Å²) in [7, 11) is 0. The smallest absolute Gasteiger partial charge is 0.138 e. The van der Waals surface area contributed by atoms with Crippen LogP contribution in [0.2, 0.25) is 0 Å². The van der Waals surface area contributed by atoms with Gasteiger partial charge in [-0.1, -0.05) is 18.6 Å². The zero-order valence-corrected chi connectivity index (χ0v) is 12.6. The molecule has 1 aliphatic heterocycles. The largest absolute Gasteiger partial charge is 0.369 e. The van der Waals surface area contributed by atoms with E-state index in [-0.39, 0.29) is 0 Å². The fourth-order valence-corrected chi connectivity index (χ4v) is 3.39. The number of aryl methyl sites for hydroxylation is 1. The van der Waals surface area contributed by atoms with E-state index in [0.717, 1.165) is 48.5 Å². The summed E-state index contributed by atoms with van der Waals surface area (Å²) < 4.78 is 0. The Hall–Kier alpha value is -1.46. The molecule has 0 amide bonds. The first-order valence-electron chi connectivity index (χ1n) is 7.22. The van der Waals surface area contributed by atoms with Crippen molar-refractivity contribution in [3.8, 4) is 0 Å². The minimum atomic E-state index is 0.940. The van der Waals surface area contributed by atoms with E-state index < -0.39 is 0 Å². The molecule has 3 heterocycles. The van der Waals surface area contributed by atoms with Gasteiger partial charge in [0.1, 0.15) is 17.0 Å². The zero-order chi connectivity index (χ0) is 13.8. The number of anilines is 1.